The van der Waals surface area contributed by atoms with E-state index in [-0.39, 0.29) is 5.41 Å². The highest BCUT2D eigenvalue weighted by Gasteiger charge is 2.49. The topological polar surface area (TPSA) is 40.5 Å². The average molecular weight is 505 g/mol. The Kier molecular flexibility index (Phi) is 4.73. The predicted molar refractivity (Wildman–Crippen MR) is 160 cm³/mol. The lowest BCUT2D eigenvalue weighted by molar-refractivity contribution is 0.418. The van der Waals surface area contributed by atoms with Crippen molar-refractivity contribution in [3.05, 3.63) is 131 Å². The predicted octanol–water partition coefficient (Wildman–Crippen LogP) is 8.92. The van der Waals surface area contributed by atoms with E-state index in [1.54, 1.807) is 0 Å². The maximum Gasteiger partial charge on any atom is 0.127 e. The third-order valence-electron chi connectivity index (χ3n) is 9.25. The number of phenolic OH excluding ortho intramolecular Hbond substituents is 2. The molecule has 2 nitrogen and oxygen atoms in total. The van der Waals surface area contributed by atoms with Gasteiger partial charge >= 0.3 is 0 Å². The Morgan fingerprint density at radius 1 is 0.462 bits per heavy atom. The van der Waals surface area contributed by atoms with Gasteiger partial charge in [-0.1, -0.05) is 97.1 Å². The monoisotopic (exact) mass is 504 g/mol. The lowest BCUT2D eigenvalue weighted by Gasteiger charge is -2.29. The molecule has 1 spiro atoms. The Morgan fingerprint density at radius 3 is 1.36 bits per heavy atom. The molecule has 0 aromatic heterocycles. The van der Waals surface area contributed by atoms with Crippen molar-refractivity contribution < 1.29 is 10.2 Å². The largest absolute Gasteiger partial charge is 0.507 e. The van der Waals surface area contributed by atoms with Gasteiger partial charge in [0.25, 0.3) is 0 Å². The van der Waals surface area contributed by atoms with Crippen molar-refractivity contribution in [2.45, 2.75) is 31.1 Å². The number of fused-ring (bicyclic) bond motifs is 6. The molecule has 2 aliphatic carbocycles. The number of aromatic hydroxyl groups is 2. The van der Waals surface area contributed by atoms with Crippen LogP contribution >= 0.6 is 0 Å². The van der Waals surface area contributed by atoms with Crippen LogP contribution in [0.15, 0.2) is 109 Å². The van der Waals surface area contributed by atoms with Crippen LogP contribution in [0, 0.1) is 0 Å². The summed E-state index contributed by atoms with van der Waals surface area (Å²) in [6.45, 7) is 0. The maximum absolute atomic E-state index is 11.9. The van der Waals surface area contributed by atoms with Gasteiger partial charge in [0.15, 0.2) is 0 Å². The molecular formula is C37H28O2. The van der Waals surface area contributed by atoms with E-state index in [4.69, 9.17) is 0 Å². The summed E-state index contributed by atoms with van der Waals surface area (Å²) in [6.07, 6.45) is 3.61. The van der Waals surface area contributed by atoms with E-state index in [1.807, 2.05) is 0 Å². The van der Waals surface area contributed by atoms with Gasteiger partial charge in [-0.05, 0) is 81.6 Å². The quantitative estimate of drug-likeness (QED) is 0.247. The number of rotatable bonds is 2. The standard InChI is InChI=1S/C37H28O2/c38-35-31(29-11-9-23-5-1-3-7-27(23)21-29)15-13-25-17-19-37(33(25)35)20-18-26-14-16-32(36(39)34(26)37)30-12-10-24-6-2-4-8-28(24)22-30/h1-16,21-22,38-39H,17-20H2. The van der Waals surface area contributed by atoms with Crippen LogP contribution in [0.2, 0.25) is 0 Å². The molecule has 0 saturated heterocycles. The fraction of sp³-hybridized carbons (Fsp3) is 0.135. The Bertz CT molecular complexity index is 1810. The van der Waals surface area contributed by atoms with Crippen LogP contribution in [0.3, 0.4) is 0 Å². The first-order valence-electron chi connectivity index (χ1n) is 13.8. The van der Waals surface area contributed by atoms with Crippen LogP contribution in [-0.4, -0.2) is 10.2 Å². The van der Waals surface area contributed by atoms with Gasteiger partial charge in [0.2, 0.25) is 0 Å². The van der Waals surface area contributed by atoms with Gasteiger partial charge in [0.05, 0.1) is 0 Å². The van der Waals surface area contributed by atoms with E-state index in [0.29, 0.717) is 11.5 Å². The highest BCUT2D eigenvalue weighted by molar-refractivity contribution is 5.90. The van der Waals surface area contributed by atoms with Gasteiger partial charge in [-0.2, -0.15) is 0 Å². The smallest absolute Gasteiger partial charge is 0.127 e. The molecule has 0 bridgehead atoms. The second-order valence-corrected chi connectivity index (χ2v) is 11.2. The van der Waals surface area contributed by atoms with Crippen molar-refractivity contribution in [1.82, 2.24) is 0 Å². The van der Waals surface area contributed by atoms with E-state index in [0.717, 1.165) is 69.8 Å². The minimum absolute atomic E-state index is 0.364. The van der Waals surface area contributed by atoms with Crippen molar-refractivity contribution in [3.8, 4) is 33.8 Å². The fourth-order valence-electron chi connectivity index (χ4n) is 7.38. The number of hydrogen-bond acceptors (Lipinski definition) is 2. The minimum Gasteiger partial charge on any atom is -0.507 e. The first-order chi connectivity index (χ1) is 19.1. The summed E-state index contributed by atoms with van der Waals surface area (Å²) in [5.74, 6) is 0.729. The number of aryl methyl sites for hydroxylation is 2. The van der Waals surface area contributed by atoms with Crippen molar-refractivity contribution in [3.63, 3.8) is 0 Å². The van der Waals surface area contributed by atoms with Crippen LogP contribution in [-0.2, 0) is 18.3 Å². The van der Waals surface area contributed by atoms with Crippen LogP contribution in [0.1, 0.15) is 35.1 Å². The zero-order valence-corrected chi connectivity index (χ0v) is 21.6. The second-order valence-electron chi connectivity index (χ2n) is 11.2. The van der Waals surface area contributed by atoms with E-state index >= 15 is 0 Å². The minimum atomic E-state index is -0.376. The molecule has 2 aliphatic rings. The molecule has 0 saturated carbocycles. The normalized spacial score (nSPS) is 15.2. The zero-order valence-electron chi connectivity index (χ0n) is 21.6. The molecule has 0 radical (unpaired) electrons. The lowest BCUT2D eigenvalue weighted by atomic mass is 9.74. The molecule has 188 valence electrons. The molecule has 8 rings (SSSR count). The van der Waals surface area contributed by atoms with Crippen LogP contribution in [0.5, 0.6) is 11.5 Å². The summed E-state index contributed by atoms with van der Waals surface area (Å²) in [4.78, 5) is 0. The summed E-state index contributed by atoms with van der Waals surface area (Å²) in [5, 5.41) is 28.5. The molecule has 2 N–H and O–H groups in total. The summed E-state index contributed by atoms with van der Waals surface area (Å²) >= 11 is 0. The Morgan fingerprint density at radius 2 is 0.897 bits per heavy atom. The summed E-state index contributed by atoms with van der Waals surface area (Å²) in [5.41, 5.74) is 7.79. The SMILES string of the molecule is Oc1c(-c2ccc3ccccc3c2)ccc2c1C1(CC2)CCc2ccc(-c3ccc4ccccc4c3)c(O)c21. The van der Waals surface area contributed by atoms with Crippen LogP contribution in [0.4, 0.5) is 0 Å². The summed E-state index contributed by atoms with van der Waals surface area (Å²) in [7, 11) is 0. The van der Waals surface area contributed by atoms with E-state index in [2.05, 4.69) is 109 Å². The number of hydrogen-bond donors (Lipinski definition) is 2. The number of benzene rings is 6. The van der Waals surface area contributed by atoms with E-state index in [9.17, 15) is 10.2 Å². The average Bonchev–Trinajstić information content (AvgIpc) is 3.55. The Hall–Kier alpha value is -4.56. The van der Waals surface area contributed by atoms with Crippen LogP contribution < -0.4 is 0 Å². The van der Waals surface area contributed by atoms with Gasteiger partial charge in [0.1, 0.15) is 11.5 Å². The lowest BCUT2D eigenvalue weighted by Crippen LogP contribution is -2.21. The molecule has 0 atom stereocenters. The third kappa shape index (κ3) is 3.21. The Labute approximate surface area is 227 Å². The van der Waals surface area contributed by atoms with Gasteiger partial charge in [-0.3, -0.25) is 0 Å². The second kappa shape index (κ2) is 8.22. The molecule has 0 amide bonds. The summed E-state index contributed by atoms with van der Waals surface area (Å²) in [6, 6.07) is 38.0. The number of phenols is 2. The zero-order chi connectivity index (χ0) is 26.1. The molecule has 0 unspecified atom stereocenters. The molecule has 0 heterocycles. The fourth-order valence-corrected chi connectivity index (χ4v) is 7.38. The van der Waals surface area contributed by atoms with Crippen LogP contribution in [0.25, 0.3) is 43.8 Å². The maximum atomic E-state index is 11.9. The van der Waals surface area contributed by atoms with Gasteiger partial charge in [-0.15, -0.1) is 0 Å². The first kappa shape index (κ1) is 22.4. The van der Waals surface area contributed by atoms with Crippen molar-refractivity contribution in [2.24, 2.45) is 0 Å². The van der Waals surface area contributed by atoms with Gasteiger partial charge in [0, 0.05) is 27.7 Å². The van der Waals surface area contributed by atoms with E-state index < -0.39 is 0 Å². The molecular weight excluding hydrogens is 476 g/mol. The highest BCUT2D eigenvalue weighted by atomic mass is 16.3. The third-order valence-corrected chi connectivity index (χ3v) is 9.25. The molecule has 0 aliphatic heterocycles. The molecule has 6 aromatic carbocycles. The van der Waals surface area contributed by atoms with Gasteiger partial charge in [-0.25, -0.2) is 0 Å². The molecule has 0 fully saturated rings. The Balaban J connectivity index is 1.30. The molecule has 2 heteroatoms. The molecule has 39 heavy (non-hydrogen) atoms. The first-order valence-corrected chi connectivity index (χ1v) is 13.8. The summed E-state index contributed by atoms with van der Waals surface area (Å²) < 4.78 is 0. The van der Waals surface area contributed by atoms with E-state index in [1.165, 1.54) is 21.9 Å². The van der Waals surface area contributed by atoms with Crippen molar-refractivity contribution >= 4 is 21.5 Å². The van der Waals surface area contributed by atoms with Crippen molar-refractivity contribution in [2.75, 3.05) is 0 Å². The highest BCUT2D eigenvalue weighted by Crippen LogP contribution is 2.59. The van der Waals surface area contributed by atoms with Gasteiger partial charge < -0.3 is 10.2 Å². The van der Waals surface area contributed by atoms with Crippen molar-refractivity contribution in [1.29, 1.82) is 0 Å². The molecule has 6 aromatic rings.